The van der Waals surface area contributed by atoms with E-state index in [4.69, 9.17) is 0 Å². The Kier molecular flexibility index (Phi) is 4.90. The van der Waals surface area contributed by atoms with Crippen molar-refractivity contribution in [2.24, 2.45) is 5.41 Å². The number of hydrogen-bond donors (Lipinski definition) is 0. The number of aromatic nitrogens is 1. The van der Waals surface area contributed by atoms with E-state index < -0.39 is 0 Å². The molecule has 2 aromatic rings. The molecule has 0 radical (unpaired) electrons. The summed E-state index contributed by atoms with van der Waals surface area (Å²) in [5.41, 5.74) is 3.75. The first kappa shape index (κ1) is 18.0. The van der Waals surface area contributed by atoms with Crippen LogP contribution in [0.5, 0.6) is 0 Å². The number of aryl methyl sites for hydroxylation is 1. The Hall–Kier alpha value is -2.36. The molecule has 2 fully saturated rings. The molecule has 27 heavy (non-hydrogen) atoms. The maximum Gasteiger partial charge on any atom is 0.230 e. The molecular formula is C23H29N3O. The molecule has 1 unspecified atom stereocenters. The summed E-state index contributed by atoms with van der Waals surface area (Å²) in [6, 6.07) is 14.6. The normalized spacial score (nSPS) is 22.3. The fourth-order valence-corrected chi connectivity index (χ4v) is 4.83. The SMILES string of the molecule is CCN1CC2(CCN(c3ccnc(C)c3)CC2)CC(c2ccccc2)C1=O. The molecule has 0 bridgehead atoms. The van der Waals surface area contributed by atoms with Gasteiger partial charge in [0.25, 0.3) is 0 Å². The number of rotatable bonds is 3. The molecule has 2 saturated heterocycles. The van der Waals surface area contributed by atoms with Crippen LogP contribution in [0.2, 0.25) is 0 Å². The highest BCUT2D eigenvalue weighted by Crippen LogP contribution is 2.46. The Bertz CT molecular complexity index is 796. The van der Waals surface area contributed by atoms with Crippen LogP contribution in [-0.2, 0) is 4.79 Å². The second-order valence-corrected chi connectivity index (χ2v) is 8.16. The monoisotopic (exact) mass is 363 g/mol. The number of likely N-dealkylation sites (N-methyl/N-ethyl adjacent to an activating group) is 1. The number of piperidine rings is 2. The van der Waals surface area contributed by atoms with Crippen LogP contribution in [0, 0.1) is 12.3 Å². The van der Waals surface area contributed by atoms with E-state index in [1.165, 1.54) is 11.3 Å². The molecule has 1 spiro atoms. The lowest BCUT2D eigenvalue weighted by Crippen LogP contribution is -2.54. The van der Waals surface area contributed by atoms with Gasteiger partial charge in [-0.3, -0.25) is 9.78 Å². The Balaban J connectivity index is 1.53. The smallest absolute Gasteiger partial charge is 0.230 e. The molecule has 4 heteroatoms. The van der Waals surface area contributed by atoms with E-state index in [-0.39, 0.29) is 11.3 Å². The number of carbonyl (C=O) groups excluding carboxylic acids is 1. The van der Waals surface area contributed by atoms with Gasteiger partial charge in [-0.2, -0.15) is 0 Å². The van der Waals surface area contributed by atoms with Crippen LogP contribution >= 0.6 is 0 Å². The minimum absolute atomic E-state index is 0.00891. The Morgan fingerprint density at radius 1 is 1.15 bits per heavy atom. The predicted octanol–water partition coefficient (Wildman–Crippen LogP) is 4.01. The van der Waals surface area contributed by atoms with Gasteiger partial charge in [0.1, 0.15) is 0 Å². The zero-order valence-corrected chi connectivity index (χ0v) is 16.4. The number of hydrogen-bond acceptors (Lipinski definition) is 3. The summed E-state index contributed by atoms with van der Waals surface area (Å²) < 4.78 is 0. The van der Waals surface area contributed by atoms with Crippen molar-refractivity contribution in [1.29, 1.82) is 0 Å². The highest BCUT2D eigenvalue weighted by molar-refractivity contribution is 5.84. The quantitative estimate of drug-likeness (QED) is 0.827. The average molecular weight is 364 g/mol. The van der Waals surface area contributed by atoms with Crippen molar-refractivity contribution in [3.8, 4) is 0 Å². The van der Waals surface area contributed by atoms with Crippen molar-refractivity contribution in [3.63, 3.8) is 0 Å². The molecule has 0 N–H and O–H groups in total. The third-order valence-electron chi connectivity index (χ3n) is 6.43. The fraction of sp³-hybridized carbons (Fsp3) is 0.478. The first-order valence-corrected chi connectivity index (χ1v) is 10.1. The molecule has 2 aliphatic rings. The van der Waals surface area contributed by atoms with Crippen LogP contribution in [0.15, 0.2) is 48.7 Å². The molecule has 1 atom stereocenters. The number of carbonyl (C=O) groups is 1. The van der Waals surface area contributed by atoms with E-state index in [2.05, 4.69) is 58.1 Å². The van der Waals surface area contributed by atoms with Gasteiger partial charge in [0.15, 0.2) is 0 Å². The zero-order valence-electron chi connectivity index (χ0n) is 16.4. The maximum atomic E-state index is 13.0. The van der Waals surface area contributed by atoms with Crippen LogP contribution in [0.3, 0.4) is 0 Å². The number of pyridine rings is 1. The largest absolute Gasteiger partial charge is 0.371 e. The number of anilines is 1. The molecule has 3 heterocycles. The summed E-state index contributed by atoms with van der Waals surface area (Å²) in [5, 5.41) is 0. The van der Waals surface area contributed by atoms with Crippen LogP contribution in [0.25, 0.3) is 0 Å². The lowest BCUT2D eigenvalue weighted by Gasteiger charge is -2.50. The topological polar surface area (TPSA) is 36.4 Å². The van der Waals surface area contributed by atoms with Gasteiger partial charge < -0.3 is 9.80 Å². The van der Waals surface area contributed by atoms with E-state index in [9.17, 15) is 4.79 Å². The highest BCUT2D eigenvalue weighted by Gasteiger charge is 2.45. The highest BCUT2D eigenvalue weighted by atomic mass is 16.2. The van der Waals surface area contributed by atoms with Crippen molar-refractivity contribution in [2.75, 3.05) is 31.1 Å². The van der Waals surface area contributed by atoms with E-state index in [0.717, 1.165) is 51.1 Å². The summed E-state index contributed by atoms with van der Waals surface area (Å²) in [6.45, 7) is 7.97. The maximum absolute atomic E-state index is 13.0. The minimum atomic E-state index is 0.00891. The number of benzene rings is 1. The second kappa shape index (κ2) is 7.34. The van der Waals surface area contributed by atoms with E-state index >= 15 is 0 Å². The molecule has 1 aromatic carbocycles. The summed E-state index contributed by atoms with van der Waals surface area (Å²) >= 11 is 0. The van der Waals surface area contributed by atoms with Gasteiger partial charge in [-0.1, -0.05) is 30.3 Å². The van der Waals surface area contributed by atoms with Crippen LogP contribution in [-0.4, -0.2) is 42.0 Å². The molecule has 0 aliphatic carbocycles. The number of likely N-dealkylation sites (tertiary alicyclic amines) is 1. The molecule has 1 amide bonds. The summed E-state index contributed by atoms with van der Waals surface area (Å²) in [5.74, 6) is 0.316. The third-order valence-corrected chi connectivity index (χ3v) is 6.43. The van der Waals surface area contributed by atoms with Crippen molar-refractivity contribution >= 4 is 11.6 Å². The molecule has 2 aliphatic heterocycles. The van der Waals surface area contributed by atoms with Gasteiger partial charge in [0.2, 0.25) is 5.91 Å². The first-order chi connectivity index (χ1) is 13.1. The molecule has 0 saturated carbocycles. The van der Waals surface area contributed by atoms with Gasteiger partial charge in [0.05, 0.1) is 5.92 Å². The van der Waals surface area contributed by atoms with Crippen LogP contribution < -0.4 is 4.90 Å². The first-order valence-electron chi connectivity index (χ1n) is 10.1. The minimum Gasteiger partial charge on any atom is -0.371 e. The summed E-state index contributed by atoms with van der Waals surface area (Å²) in [7, 11) is 0. The second-order valence-electron chi connectivity index (χ2n) is 8.16. The van der Waals surface area contributed by atoms with Crippen LogP contribution in [0.4, 0.5) is 5.69 Å². The molecule has 142 valence electrons. The molecule has 4 nitrogen and oxygen atoms in total. The van der Waals surface area contributed by atoms with Crippen molar-refractivity contribution in [1.82, 2.24) is 9.88 Å². The Labute approximate surface area is 162 Å². The molecular weight excluding hydrogens is 334 g/mol. The summed E-state index contributed by atoms with van der Waals surface area (Å²) in [4.78, 5) is 21.9. The standard InChI is InChI=1S/C23H29N3O/c1-3-25-17-23(16-21(22(25)27)19-7-5-4-6-8-19)10-13-26(14-11-23)20-9-12-24-18(2)15-20/h4-9,12,15,21H,3,10-11,13-14,16-17H2,1-2H3. The average Bonchev–Trinajstić information content (AvgIpc) is 2.71. The lowest BCUT2D eigenvalue weighted by molar-refractivity contribution is -0.140. The van der Waals surface area contributed by atoms with E-state index in [1.807, 2.05) is 19.2 Å². The molecule has 4 rings (SSSR count). The van der Waals surface area contributed by atoms with E-state index in [0.29, 0.717) is 5.91 Å². The third kappa shape index (κ3) is 3.58. The number of amides is 1. The zero-order chi connectivity index (χ0) is 18.9. The van der Waals surface area contributed by atoms with Crippen molar-refractivity contribution in [3.05, 3.63) is 59.9 Å². The Morgan fingerprint density at radius 2 is 1.89 bits per heavy atom. The van der Waals surface area contributed by atoms with Gasteiger partial charge in [-0.15, -0.1) is 0 Å². The fourth-order valence-electron chi connectivity index (χ4n) is 4.83. The predicted molar refractivity (Wildman–Crippen MR) is 109 cm³/mol. The molecule has 1 aromatic heterocycles. The lowest BCUT2D eigenvalue weighted by atomic mass is 9.67. The van der Waals surface area contributed by atoms with Gasteiger partial charge in [0, 0.05) is 43.8 Å². The van der Waals surface area contributed by atoms with Crippen molar-refractivity contribution < 1.29 is 4.79 Å². The van der Waals surface area contributed by atoms with Gasteiger partial charge in [-0.25, -0.2) is 0 Å². The Morgan fingerprint density at radius 3 is 2.56 bits per heavy atom. The van der Waals surface area contributed by atoms with E-state index in [1.54, 1.807) is 0 Å². The van der Waals surface area contributed by atoms with Crippen LogP contribution in [0.1, 0.15) is 43.4 Å². The summed E-state index contributed by atoms with van der Waals surface area (Å²) in [6.07, 6.45) is 5.16. The van der Waals surface area contributed by atoms with Crippen molar-refractivity contribution in [2.45, 2.75) is 39.0 Å². The van der Waals surface area contributed by atoms with Gasteiger partial charge >= 0.3 is 0 Å². The van der Waals surface area contributed by atoms with Gasteiger partial charge in [-0.05, 0) is 56.2 Å². The number of nitrogens with zero attached hydrogens (tertiary/aromatic N) is 3.